The number of nitrogens with zero attached hydrogens (tertiary/aromatic N) is 1. The van der Waals surface area contributed by atoms with Crippen molar-refractivity contribution < 1.29 is 0 Å². The maximum Gasteiger partial charge on any atom is 0.0557 e. The van der Waals surface area contributed by atoms with Gasteiger partial charge in [0, 0.05) is 25.5 Å². The fourth-order valence-corrected chi connectivity index (χ4v) is 2.51. The van der Waals surface area contributed by atoms with Crippen LogP contribution in [0, 0.1) is 5.92 Å². The second kappa shape index (κ2) is 2.74. The largest absolute Gasteiger partial charge is 0.347 e. The van der Waals surface area contributed by atoms with Gasteiger partial charge in [-0.2, -0.15) is 0 Å². The molecular weight excluding hydrogens is 160 g/mol. The molecule has 2 atom stereocenters. The molecule has 2 bridgehead atoms. The van der Waals surface area contributed by atoms with E-state index in [0.29, 0.717) is 6.04 Å². The molecular formula is C11H14N2. The molecule has 68 valence electrons. The Morgan fingerprint density at radius 2 is 2.38 bits per heavy atom. The molecule has 3 rings (SSSR count). The summed E-state index contributed by atoms with van der Waals surface area (Å²) in [7, 11) is 0. The van der Waals surface area contributed by atoms with Crippen LogP contribution in [0.15, 0.2) is 36.2 Å². The highest BCUT2D eigenvalue weighted by Crippen LogP contribution is 2.30. The van der Waals surface area contributed by atoms with E-state index in [1.54, 1.807) is 5.57 Å². The van der Waals surface area contributed by atoms with Crippen LogP contribution in [0.3, 0.4) is 0 Å². The third-order valence-electron chi connectivity index (χ3n) is 3.12. The van der Waals surface area contributed by atoms with Crippen LogP contribution in [-0.2, 0) is 0 Å². The van der Waals surface area contributed by atoms with E-state index >= 15 is 0 Å². The minimum Gasteiger partial charge on any atom is -0.347 e. The van der Waals surface area contributed by atoms with E-state index in [0.717, 1.165) is 19.0 Å². The Morgan fingerprint density at radius 1 is 1.38 bits per heavy atom. The van der Waals surface area contributed by atoms with Crippen molar-refractivity contribution in [3.05, 3.63) is 36.2 Å². The molecule has 2 unspecified atom stereocenters. The normalized spacial score (nSPS) is 35.7. The molecule has 1 saturated heterocycles. The molecule has 13 heavy (non-hydrogen) atoms. The van der Waals surface area contributed by atoms with Crippen molar-refractivity contribution in [3.63, 3.8) is 0 Å². The second-order valence-corrected chi connectivity index (χ2v) is 4.05. The van der Waals surface area contributed by atoms with E-state index in [2.05, 4.69) is 40.8 Å². The molecule has 0 amide bonds. The molecule has 3 aliphatic heterocycles. The number of nitrogens with one attached hydrogen (secondary N) is 1. The molecule has 1 N–H and O–H groups in total. The van der Waals surface area contributed by atoms with Crippen molar-refractivity contribution in [2.24, 2.45) is 5.92 Å². The minimum atomic E-state index is 0.599. The fraction of sp³-hybridized carbons (Fsp3) is 0.455. The molecule has 0 spiro atoms. The number of rotatable bonds is 0. The van der Waals surface area contributed by atoms with Crippen LogP contribution < -0.4 is 5.32 Å². The first-order valence-electron chi connectivity index (χ1n) is 4.96. The zero-order valence-electron chi connectivity index (χ0n) is 7.61. The molecule has 2 heteroatoms. The average molecular weight is 174 g/mol. The van der Waals surface area contributed by atoms with Gasteiger partial charge < -0.3 is 10.2 Å². The fourth-order valence-electron chi connectivity index (χ4n) is 2.51. The Labute approximate surface area is 78.6 Å². The topological polar surface area (TPSA) is 15.3 Å². The van der Waals surface area contributed by atoms with Crippen LogP contribution in [0.2, 0.25) is 0 Å². The van der Waals surface area contributed by atoms with Crippen LogP contribution >= 0.6 is 0 Å². The maximum absolute atomic E-state index is 3.47. The SMILES string of the molecule is C1=CC2C3CNCC(=CN2C=C1)C3. The van der Waals surface area contributed by atoms with E-state index in [-0.39, 0.29) is 0 Å². The quantitative estimate of drug-likeness (QED) is 0.594. The van der Waals surface area contributed by atoms with Crippen LogP contribution in [0.5, 0.6) is 0 Å². The smallest absolute Gasteiger partial charge is 0.0557 e. The third kappa shape index (κ3) is 1.13. The number of piperidine rings is 1. The summed E-state index contributed by atoms with van der Waals surface area (Å²) in [5.74, 6) is 0.773. The molecule has 0 aromatic heterocycles. The average Bonchev–Trinajstić information content (AvgIpc) is 2.18. The number of hydrogen-bond donors (Lipinski definition) is 1. The maximum atomic E-state index is 3.47. The molecule has 3 aliphatic rings. The van der Waals surface area contributed by atoms with Gasteiger partial charge in [-0.05, 0) is 24.0 Å². The summed E-state index contributed by atoms with van der Waals surface area (Å²) in [6.45, 7) is 2.24. The standard InChI is InChI=1S/C11H14N2/c1-2-4-13-8-9-5-10(7-12-6-9)11(13)3-1/h1-4,8,10-12H,5-7H2. The molecule has 0 radical (unpaired) electrons. The lowest BCUT2D eigenvalue weighted by Gasteiger charge is -2.42. The first-order chi connectivity index (χ1) is 6.43. The van der Waals surface area contributed by atoms with Crippen LogP contribution in [0.4, 0.5) is 0 Å². The van der Waals surface area contributed by atoms with Gasteiger partial charge in [-0.15, -0.1) is 0 Å². The predicted octanol–water partition coefficient (Wildman–Crippen LogP) is 1.25. The molecule has 2 nitrogen and oxygen atoms in total. The zero-order valence-corrected chi connectivity index (χ0v) is 7.61. The molecule has 0 saturated carbocycles. The summed E-state index contributed by atoms with van der Waals surface area (Å²) < 4.78 is 0. The van der Waals surface area contributed by atoms with E-state index in [1.807, 2.05) is 0 Å². The Hall–Kier alpha value is -1.02. The van der Waals surface area contributed by atoms with Crippen molar-refractivity contribution in [2.45, 2.75) is 12.5 Å². The summed E-state index contributed by atoms with van der Waals surface area (Å²) in [4.78, 5) is 2.35. The highest BCUT2D eigenvalue weighted by molar-refractivity contribution is 5.24. The molecule has 1 fully saturated rings. The van der Waals surface area contributed by atoms with E-state index < -0.39 is 0 Å². The molecule has 0 aromatic rings. The van der Waals surface area contributed by atoms with E-state index in [9.17, 15) is 0 Å². The second-order valence-electron chi connectivity index (χ2n) is 4.05. The number of hydrogen-bond acceptors (Lipinski definition) is 2. The number of allylic oxidation sites excluding steroid dienone is 2. The van der Waals surface area contributed by atoms with Gasteiger partial charge in [-0.25, -0.2) is 0 Å². The van der Waals surface area contributed by atoms with Crippen molar-refractivity contribution in [3.8, 4) is 0 Å². The van der Waals surface area contributed by atoms with Crippen molar-refractivity contribution >= 4 is 0 Å². The highest BCUT2D eigenvalue weighted by atomic mass is 15.2. The lowest BCUT2D eigenvalue weighted by Crippen LogP contribution is -2.46. The van der Waals surface area contributed by atoms with Gasteiger partial charge in [0.25, 0.3) is 0 Å². The predicted molar refractivity (Wildman–Crippen MR) is 53.0 cm³/mol. The first-order valence-corrected chi connectivity index (χ1v) is 4.96. The van der Waals surface area contributed by atoms with Gasteiger partial charge in [-0.3, -0.25) is 0 Å². The highest BCUT2D eigenvalue weighted by Gasteiger charge is 2.31. The summed E-state index contributed by atoms with van der Waals surface area (Å²) in [5, 5.41) is 3.47. The van der Waals surface area contributed by atoms with Crippen LogP contribution in [0.1, 0.15) is 6.42 Å². The molecule has 3 heterocycles. The van der Waals surface area contributed by atoms with Crippen molar-refractivity contribution in [1.29, 1.82) is 0 Å². The van der Waals surface area contributed by atoms with Gasteiger partial charge in [0.15, 0.2) is 0 Å². The van der Waals surface area contributed by atoms with Crippen LogP contribution in [-0.4, -0.2) is 24.0 Å². The monoisotopic (exact) mass is 174 g/mol. The zero-order chi connectivity index (χ0) is 8.67. The van der Waals surface area contributed by atoms with Crippen LogP contribution in [0.25, 0.3) is 0 Å². The van der Waals surface area contributed by atoms with Gasteiger partial charge >= 0.3 is 0 Å². The third-order valence-corrected chi connectivity index (χ3v) is 3.12. The Morgan fingerprint density at radius 3 is 3.38 bits per heavy atom. The van der Waals surface area contributed by atoms with E-state index in [1.165, 1.54) is 6.42 Å². The van der Waals surface area contributed by atoms with Crippen molar-refractivity contribution in [2.75, 3.05) is 13.1 Å². The first kappa shape index (κ1) is 7.39. The Bertz CT molecular complexity index is 301. The van der Waals surface area contributed by atoms with E-state index in [4.69, 9.17) is 0 Å². The van der Waals surface area contributed by atoms with Gasteiger partial charge in [0.1, 0.15) is 0 Å². The van der Waals surface area contributed by atoms with Crippen molar-refractivity contribution in [1.82, 2.24) is 10.2 Å². The lowest BCUT2D eigenvalue weighted by molar-refractivity contribution is 0.248. The Kier molecular flexibility index (Phi) is 1.56. The Balaban J connectivity index is 1.98. The summed E-state index contributed by atoms with van der Waals surface area (Å²) in [5.41, 5.74) is 1.55. The summed E-state index contributed by atoms with van der Waals surface area (Å²) in [6, 6.07) is 0.599. The summed E-state index contributed by atoms with van der Waals surface area (Å²) >= 11 is 0. The number of fused-ring (bicyclic) bond motifs is 4. The van der Waals surface area contributed by atoms with Gasteiger partial charge in [0.2, 0.25) is 0 Å². The van der Waals surface area contributed by atoms with Gasteiger partial charge in [0.05, 0.1) is 6.04 Å². The molecule has 0 aromatic carbocycles. The minimum absolute atomic E-state index is 0.599. The van der Waals surface area contributed by atoms with Gasteiger partial charge in [-0.1, -0.05) is 12.2 Å². The summed E-state index contributed by atoms with van der Waals surface area (Å²) in [6.07, 6.45) is 12.4. The molecule has 0 aliphatic carbocycles. The lowest BCUT2D eigenvalue weighted by atomic mass is 9.84.